The van der Waals surface area contributed by atoms with Crippen molar-refractivity contribution in [2.45, 2.75) is 33.8 Å². The van der Waals surface area contributed by atoms with Crippen LogP contribution < -0.4 is 5.32 Å². The van der Waals surface area contributed by atoms with Gasteiger partial charge in [0.2, 0.25) is 5.91 Å². The second-order valence-electron chi connectivity index (χ2n) is 6.72. The fraction of sp³-hybridized carbons (Fsp3) is 0.227. The van der Waals surface area contributed by atoms with Crippen LogP contribution in [0, 0.1) is 20.8 Å². The number of thiazole rings is 1. The maximum absolute atomic E-state index is 12.3. The Kier molecular flexibility index (Phi) is 6.21. The first kappa shape index (κ1) is 19.8. The van der Waals surface area contributed by atoms with Crippen molar-refractivity contribution in [2.75, 3.05) is 5.32 Å². The maximum atomic E-state index is 12.3. The standard InChI is InChI=1S/C22H22N2O3S/c1-14-5-4-6-17(9-14)22(26)27-12-18-13-28-21(23-18)11-20(25)24-19-10-15(2)7-8-16(19)3/h4-10,13H,11-12H2,1-3H3,(H,24,25). The molecule has 0 bridgehead atoms. The van der Waals surface area contributed by atoms with E-state index < -0.39 is 0 Å². The third kappa shape index (κ3) is 5.27. The number of rotatable bonds is 6. The Morgan fingerprint density at radius 3 is 2.64 bits per heavy atom. The van der Waals surface area contributed by atoms with Crippen molar-refractivity contribution < 1.29 is 14.3 Å². The Bertz CT molecular complexity index is 1010. The van der Waals surface area contributed by atoms with E-state index in [0.717, 1.165) is 22.4 Å². The number of esters is 1. The highest BCUT2D eigenvalue weighted by molar-refractivity contribution is 7.09. The number of carbonyl (C=O) groups excluding carboxylic acids is 2. The molecule has 0 radical (unpaired) electrons. The molecule has 28 heavy (non-hydrogen) atoms. The monoisotopic (exact) mass is 394 g/mol. The van der Waals surface area contributed by atoms with Gasteiger partial charge in [-0.1, -0.05) is 29.8 Å². The Morgan fingerprint density at radius 1 is 1.07 bits per heavy atom. The van der Waals surface area contributed by atoms with Gasteiger partial charge in [0.05, 0.1) is 17.7 Å². The maximum Gasteiger partial charge on any atom is 0.338 e. The van der Waals surface area contributed by atoms with Crippen molar-refractivity contribution in [1.29, 1.82) is 0 Å². The van der Waals surface area contributed by atoms with Crippen LogP contribution >= 0.6 is 11.3 Å². The van der Waals surface area contributed by atoms with E-state index in [-0.39, 0.29) is 24.9 Å². The van der Waals surface area contributed by atoms with Gasteiger partial charge < -0.3 is 10.1 Å². The molecule has 0 spiro atoms. The molecule has 5 nitrogen and oxygen atoms in total. The number of hydrogen-bond donors (Lipinski definition) is 1. The van der Waals surface area contributed by atoms with E-state index in [1.807, 2.05) is 56.5 Å². The summed E-state index contributed by atoms with van der Waals surface area (Å²) in [5.41, 5.74) is 5.08. The normalized spacial score (nSPS) is 10.5. The van der Waals surface area contributed by atoms with E-state index in [4.69, 9.17) is 4.74 Å². The van der Waals surface area contributed by atoms with Crippen molar-refractivity contribution >= 4 is 28.9 Å². The third-order valence-corrected chi connectivity index (χ3v) is 5.08. The molecule has 1 heterocycles. The first-order valence-electron chi connectivity index (χ1n) is 8.95. The van der Waals surface area contributed by atoms with Crippen LogP contribution in [0.25, 0.3) is 0 Å². The molecule has 144 valence electrons. The molecule has 0 unspecified atom stereocenters. The molecule has 1 amide bonds. The number of amides is 1. The number of benzene rings is 2. The summed E-state index contributed by atoms with van der Waals surface area (Å²) in [7, 11) is 0. The van der Waals surface area contributed by atoms with Crippen LogP contribution in [0.4, 0.5) is 5.69 Å². The fourth-order valence-electron chi connectivity index (χ4n) is 2.69. The lowest BCUT2D eigenvalue weighted by Gasteiger charge is -2.08. The summed E-state index contributed by atoms with van der Waals surface area (Å²) < 4.78 is 5.32. The van der Waals surface area contributed by atoms with Gasteiger partial charge in [0.25, 0.3) is 0 Å². The largest absolute Gasteiger partial charge is 0.456 e. The Balaban J connectivity index is 1.54. The van der Waals surface area contributed by atoms with Crippen molar-refractivity contribution in [3.63, 3.8) is 0 Å². The van der Waals surface area contributed by atoms with Gasteiger partial charge >= 0.3 is 5.97 Å². The lowest BCUT2D eigenvalue weighted by atomic mass is 10.1. The van der Waals surface area contributed by atoms with Gasteiger partial charge in [-0.15, -0.1) is 11.3 Å². The van der Waals surface area contributed by atoms with E-state index in [1.165, 1.54) is 11.3 Å². The predicted molar refractivity (Wildman–Crippen MR) is 111 cm³/mol. The van der Waals surface area contributed by atoms with E-state index in [0.29, 0.717) is 16.3 Å². The third-order valence-electron chi connectivity index (χ3n) is 4.18. The number of hydrogen-bond acceptors (Lipinski definition) is 5. The average molecular weight is 394 g/mol. The van der Waals surface area contributed by atoms with Crippen molar-refractivity contribution in [3.8, 4) is 0 Å². The van der Waals surface area contributed by atoms with Gasteiger partial charge in [-0.2, -0.15) is 0 Å². The quantitative estimate of drug-likeness (QED) is 0.620. The number of nitrogens with one attached hydrogen (secondary N) is 1. The highest BCUT2D eigenvalue weighted by Crippen LogP contribution is 2.18. The predicted octanol–water partition coefficient (Wildman–Crippen LogP) is 4.61. The van der Waals surface area contributed by atoms with Crippen molar-refractivity contribution in [1.82, 2.24) is 4.98 Å². The Hall–Kier alpha value is -2.99. The smallest absolute Gasteiger partial charge is 0.338 e. The minimum absolute atomic E-state index is 0.0852. The summed E-state index contributed by atoms with van der Waals surface area (Å²) in [6.07, 6.45) is 0.184. The molecule has 0 aliphatic rings. The van der Waals surface area contributed by atoms with Crippen LogP contribution in [-0.4, -0.2) is 16.9 Å². The minimum atomic E-state index is -0.383. The second-order valence-corrected chi connectivity index (χ2v) is 7.66. The van der Waals surface area contributed by atoms with Gasteiger partial charge in [0.15, 0.2) is 0 Å². The molecule has 0 aliphatic heterocycles. The number of ether oxygens (including phenoxy) is 1. The lowest BCUT2D eigenvalue weighted by Crippen LogP contribution is -2.15. The van der Waals surface area contributed by atoms with Gasteiger partial charge in [-0.05, 0) is 50.1 Å². The SMILES string of the molecule is Cc1cccc(C(=O)OCc2csc(CC(=O)Nc3cc(C)ccc3C)n2)c1. The molecule has 0 saturated carbocycles. The summed E-state index contributed by atoms with van der Waals surface area (Å²) in [6.45, 7) is 5.95. The minimum Gasteiger partial charge on any atom is -0.456 e. The molecule has 0 atom stereocenters. The molecule has 3 aromatic rings. The van der Waals surface area contributed by atoms with Crippen molar-refractivity contribution in [3.05, 3.63) is 80.8 Å². The topological polar surface area (TPSA) is 68.3 Å². The molecule has 3 rings (SSSR count). The van der Waals surface area contributed by atoms with Crippen LogP contribution in [0.2, 0.25) is 0 Å². The van der Waals surface area contributed by atoms with Crippen molar-refractivity contribution in [2.24, 2.45) is 0 Å². The summed E-state index contributed by atoms with van der Waals surface area (Å²) >= 11 is 1.38. The van der Waals surface area contributed by atoms with Crippen LogP contribution in [0.1, 0.15) is 37.7 Å². The van der Waals surface area contributed by atoms with Crippen LogP contribution in [0.3, 0.4) is 0 Å². The number of anilines is 1. The molecule has 6 heteroatoms. The second kappa shape index (κ2) is 8.80. The molecular weight excluding hydrogens is 372 g/mol. The fourth-order valence-corrected chi connectivity index (χ4v) is 3.47. The number of aryl methyl sites for hydroxylation is 3. The zero-order valence-electron chi connectivity index (χ0n) is 16.1. The van der Waals surface area contributed by atoms with E-state index in [2.05, 4.69) is 10.3 Å². The molecule has 2 aromatic carbocycles. The Morgan fingerprint density at radius 2 is 1.86 bits per heavy atom. The zero-order chi connectivity index (χ0) is 20.1. The van der Waals surface area contributed by atoms with Gasteiger partial charge in [-0.3, -0.25) is 4.79 Å². The molecule has 1 aromatic heterocycles. The highest BCUT2D eigenvalue weighted by atomic mass is 32.1. The summed E-state index contributed by atoms with van der Waals surface area (Å²) in [5.74, 6) is -0.503. The zero-order valence-corrected chi connectivity index (χ0v) is 16.9. The molecule has 0 aliphatic carbocycles. The van der Waals surface area contributed by atoms with E-state index >= 15 is 0 Å². The molecule has 0 saturated heterocycles. The number of aromatic nitrogens is 1. The average Bonchev–Trinajstić information content (AvgIpc) is 3.10. The summed E-state index contributed by atoms with van der Waals surface area (Å²) in [6, 6.07) is 13.2. The Labute approximate surface area is 168 Å². The summed E-state index contributed by atoms with van der Waals surface area (Å²) in [4.78, 5) is 28.8. The van der Waals surface area contributed by atoms with Gasteiger partial charge in [0.1, 0.15) is 11.6 Å². The highest BCUT2D eigenvalue weighted by Gasteiger charge is 2.12. The first-order valence-corrected chi connectivity index (χ1v) is 9.83. The van der Waals surface area contributed by atoms with Crippen LogP contribution in [0.15, 0.2) is 47.8 Å². The van der Waals surface area contributed by atoms with Gasteiger partial charge in [-0.25, -0.2) is 9.78 Å². The molecule has 0 fully saturated rings. The number of carbonyl (C=O) groups is 2. The molecular formula is C22H22N2O3S. The first-order chi connectivity index (χ1) is 13.4. The van der Waals surface area contributed by atoms with E-state index in [1.54, 1.807) is 12.1 Å². The summed E-state index contributed by atoms with van der Waals surface area (Å²) in [5, 5.41) is 5.42. The van der Waals surface area contributed by atoms with Gasteiger partial charge in [0, 0.05) is 11.1 Å². The lowest BCUT2D eigenvalue weighted by molar-refractivity contribution is -0.115. The number of nitrogens with zero attached hydrogens (tertiary/aromatic N) is 1. The van der Waals surface area contributed by atoms with Crippen LogP contribution in [-0.2, 0) is 22.6 Å². The van der Waals surface area contributed by atoms with Crippen LogP contribution in [0.5, 0.6) is 0 Å². The molecule has 1 N–H and O–H groups in total. The van der Waals surface area contributed by atoms with E-state index in [9.17, 15) is 9.59 Å².